The highest BCUT2D eigenvalue weighted by atomic mass is 16.4. The van der Waals surface area contributed by atoms with Gasteiger partial charge in [-0.1, -0.05) is 48.5 Å². The molecule has 4 aromatic heterocycles. The topological polar surface area (TPSA) is 143 Å². The second kappa shape index (κ2) is 9.78. The molecule has 10 nitrogen and oxygen atoms in total. The zero-order chi connectivity index (χ0) is 32.8. The van der Waals surface area contributed by atoms with Gasteiger partial charge < -0.3 is 10.2 Å². The number of aromatic carboxylic acids is 2. The average Bonchev–Trinajstić information content (AvgIpc) is 3.69. The van der Waals surface area contributed by atoms with Crippen molar-refractivity contribution in [2.45, 2.75) is 0 Å². The summed E-state index contributed by atoms with van der Waals surface area (Å²) in [6.07, 6.45) is 0. The normalized spacial score (nSPS) is 11.8. The number of rotatable bonds is 2. The van der Waals surface area contributed by atoms with Gasteiger partial charge in [-0.15, -0.1) is 0 Å². The van der Waals surface area contributed by atoms with E-state index in [0.29, 0.717) is 43.7 Å². The van der Waals surface area contributed by atoms with Crippen molar-refractivity contribution in [1.29, 1.82) is 0 Å². The summed E-state index contributed by atoms with van der Waals surface area (Å²) in [5, 5.41) is 24.1. The van der Waals surface area contributed by atoms with Gasteiger partial charge in [0.1, 0.15) is 11.3 Å². The summed E-state index contributed by atoms with van der Waals surface area (Å²) in [5.74, 6) is -2.01. The minimum atomic E-state index is -1.01. The number of pyridine rings is 2. The molecule has 0 aliphatic carbocycles. The van der Waals surface area contributed by atoms with Crippen LogP contribution in [0.4, 0.5) is 0 Å². The van der Waals surface area contributed by atoms with Gasteiger partial charge in [-0.25, -0.2) is 19.6 Å². The van der Waals surface area contributed by atoms with Gasteiger partial charge in [-0.2, -0.15) is 0 Å². The van der Waals surface area contributed by atoms with E-state index in [1.165, 1.54) is 0 Å². The summed E-state index contributed by atoms with van der Waals surface area (Å²) >= 11 is 0. The number of fused-ring (bicyclic) bond motifs is 8. The summed E-state index contributed by atoms with van der Waals surface area (Å²) in [7, 11) is 0. The van der Waals surface area contributed by atoms with E-state index in [1.54, 1.807) is 63.4 Å². The van der Waals surface area contributed by atoms with Gasteiger partial charge in [-0.3, -0.25) is 18.4 Å². The van der Waals surface area contributed by atoms with E-state index in [9.17, 15) is 29.4 Å². The molecule has 0 aliphatic rings. The Labute approximate surface area is 267 Å². The molecular weight excluding hydrogens is 608 g/mol. The van der Waals surface area contributed by atoms with Crippen molar-refractivity contribution in [1.82, 2.24) is 18.8 Å². The van der Waals surface area contributed by atoms with Crippen LogP contribution >= 0.6 is 0 Å². The molecule has 48 heavy (non-hydrogen) atoms. The van der Waals surface area contributed by atoms with Crippen molar-refractivity contribution in [3.63, 3.8) is 0 Å². The number of carboxylic acids is 2. The second-order valence-corrected chi connectivity index (χ2v) is 11.6. The summed E-state index contributed by atoms with van der Waals surface area (Å²) in [6, 6.07) is 31.9. The van der Waals surface area contributed by atoms with Crippen LogP contribution in [0.15, 0.2) is 119 Å². The van der Waals surface area contributed by atoms with Gasteiger partial charge in [0.2, 0.25) is 0 Å². The Balaban J connectivity index is 0.000000131. The van der Waals surface area contributed by atoms with Gasteiger partial charge in [0.25, 0.3) is 11.1 Å². The third-order valence-corrected chi connectivity index (χ3v) is 8.97. The van der Waals surface area contributed by atoms with E-state index in [4.69, 9.17) is 0 Å². The Morgan fingerprint density at radius 2 is 1.08 bits per heavy atom. The average molecular weight is 629 g/mol. The van der Waals surface area contributed by atoms with Crippen molar-refractivity contribution >= 4 is 88.4 Å². The largest absolute Gasteiger partial charge is 0.478 e. The molecule has 0 unspecified atom stereocenters. The van der Waals surface area contributed by atoms with Crippen molar-refractivity contribution in [2.75, 3.05) is 0 Å². The van der Waals surface area contributed by atoms with Crippen molar-refractivity contribution < 1.29 is 19.8 Å². The Morgan fingerprint density at radius 1 is 0.521 bits per heavy atom. The number of hydrogen-bond donors (Lipinski definition) is 2. The Bertz CT molecular complexity index is 3130. The Morgan fingerprint density at radius 3 is 1.71 bits per heavy atom. The molecule has 6 aromatic carbocycles. The lowest BCUT2D eigenvalue weighted by Gasteiger charge is -2.09. The standard InChI is InChI=1S/2C19H10N2O3/c22-18-12-5-3-4-10-8-11(19(23)24)9-13(16(10)12)17-20-14-6-1-2-7-15(14)21(17)18;22-18-13-5-3-4-10-11(19(23)24)8-9-12(16(10)13)17-20-14-6-1-2-7-15(14)21(17)18/h2*1-9H,(H,23,24). The lowest BCUT2D eigenvalue weighted by atomic mass is 9.98. The molecule has 0 atom stereocenters. The highest BCUT2D eigenvalue weighted by Crippen LogP contribution is 2.33. The predicted octanol–water partition coefficient (Wildman–Crippen LogP) is 6.58. The van der Waals surface area contributed by atoms with Gasteiger partial charge >= 0.3 is 11.9 Å². The van der Waals surface area contributed by atoms with Gasteiger partial charge in [0, 0.05) is 32.3 Å². The molecule has 0 bridgehead atoms. The maximum absolute atomic E-state index is 13.0. The van der Waals surface area contributed by atoms with Gasteiger partial charge in [0.05, 0.1) is 33.2 Å². The fraction of sp³-hybridized carbons (Fsp3) is 0. The van der Waals surface area contributed by atoms with Crippen LogP contribution in [0.2, 0.25) is 0 Å². The summed E-state index contributed by atoms with van der Waals surface area (Å²) in [4.78, 5) is 58.2. The van der Waals surface area contributed by atoms with Crippen LogP contribution < -0.4 is 11.1 Å². The first-order valence-electron chi connectivity index (χ1n) is 15.0. The van der Waals surface area contributed by atoms with Crippen LogP contribution in [0.3, 0.4) is 0 Å². The molecule has 4 heterocycles. The third-order valence-electron chi connectivity index (χ3n) is 8.97. The smallest absolute Gasteiger partial charge is 0.336 e. The zero-order valence-electron chi connectivity index (χ0n) is 24.7. The van der Waals surface area contributed by atoms with E-state index < -0.39 is 11.9 Å². The number of carboxylic acid groups (broad SMARTS) is 2. The number of nitrogens with zero attached hydrogens (tertiary/aromatic N) is 4. The van der Waals surface area contributed by atoms with Crippen LogP contribution in [-0.4, -0.2) is 40.9 Å². The molecule has 0 aliphatic heterocycles. The third kappa shape index (κ3) is 3.68. The molecule has 10 aromatic rings. The van der Waals surface area contributed by atoms with E-state index in [0.717, 1.165) is 32.7 Å². The summed E-state index contributed by atoms with van der Waals surface area (Å²) < 4.78 is 3.17. The molecule has 10 rings (SSSR count). The lowest BCUT2D eigenvalue weighted by Crippen LogP contribution is -2.13. The van der Waals surface area contributed by atoms with E-state index in [2.05, 4.69) is 9.97 Å². The summed E-state index contributed by atoms with van der Waals surface area (Å²) in [6.45, 7) is 0. The van der Waals surface area contributed by atoms with Crippen LogP contribution in [0.5, 0.6) is 0 Å². The van der Waals surface area contributed by atoms with Gasteiger partial charge in [-0.05, 0) is 71.4 Å². The van der Waals surface area contributed by atoms with Crippen LogP contribution in [0.25, 0.3) is 76.5 Å². The first-order chi connectivity index (χ1) is 23.3. The number of para-hydroxylation sites is 4. The fourth-order valence-corrected chi connectivity index (χ4v) is 6.93. The molecule has 0 saturated heterocycles. The Kier molecular flexibility index (Phi) is 5.58. The van der Waals surface area contributed by atoms with Gasteiger partial charge in [0.15, 0.2) is 0 Å². The van der Waals surface area contributed by atoms with E-state index >= 15 is 0 Å². The summed E-state index contributed by atoms with van der Waals surface area (Å²) in [5.41, 5.74) is 4.03. The molecular formula is C38H20N4O6. The predicted molar refractivity (Wildman–Crippen MR) is 184 cm³/mol. The molecule has 0 radical (unpaired) electrons. The first kappa shape index (κ1) is 27.4. The second-order valence-electron chi connectivity index (χ2n) is 11.6. The molecule has 10 heteroatoms. The number of aromatic nitrogens is 4. The lowest BCUT2D eigenvalue weighted by molar-refractivity contribution is 0.0687. The van der Waals surface area contributed by atoms with Crippen molar-refractivity contribution in [3.05, 3.63) is 141 Å². The zero-order valence-corrected chi connectivity index (χ0v) is 24.7. The van der Waals surface area contributed by atoms with Crippen molar-refractivity contribution in [2.24, 2.45) is 0 Å². The van der Waals surface area contributed by atoms with E-state index in [1.807, 2.05) is 54.6 Å². The van der Waals surface area contributed by atoms with E-state index in [-0.39, 0.29) is 22.2 Å². The molecule has 2 N–H and O–H groups in total. The molecule has 0 saturated carbocycles. The molecule has 0 spiro atoms. The number of benzene rings is 6. The fourth-order valence-electron chi connectivity index (χ4n) is 6.93. The molecule has 228 valence electrons. The van der Waals surface area contributed by atoms with Crippen molar-refractivity contribution in [3.8, 4) is 0 Å². The SMILES string of the molecule is O=C(O)c1cc2cccc3c(=O)n4c5ccccc5nc4c(c1)c23.O=C(O)c1ccc2c3c1cccc3c(=O)n1c3ccccc3nc21. The van der Waals surface area contributed by atoms with Crippen LogP contribution in [-0.2, 0) is 0 Å². The number of carbonyl (C=O) groups is 2. The quantitative estimate of drug-likeness (QED) is 0.219. The maximum Gasteiger partial charge on any atom is 0.336 e. The molecule has 0 amide bonds. The van der Waals surface area contributed by atoms with Crippen LogP contribution in [0, 0.1) is 0 Å². The highest BCUT2D eigenvalue weighted by molar-refractivity contribution is 6.20. The monoisotopic (exact) mass is 628 g/mol. The first-order valence-corrected chi connectivity index (χ1v) is 15.0. The van der Waals surface area contributed by atoms with Crippen LogP contribution in [0.1, 0.15) is 20.7 Å². The molecule has 0 fully saturated rings. The number of imidazole rings is 2. The number of hydrogen-bond acceptors (Lipinski definition) is 6. The maximum atomic E-state index is 13.0. The minimum Gasteiger partial charge on any atom is -0.478 e. The minimum absolute atomic E-state index is 0.139. The highest BCUT2D eigenvalue weighted by Gasteiger charge is 2.20. The Hall–Kier alpha value is -6.94.